The highest BCUT2D eigenvalue weighted by atomic mass is 32.1. The van der Waals surface area contributed by atoms with Gasteiger partial charge in [0.2, 0.25) is 5.91 Å². The molecule has 0 heterocycles. The predicted octanol–water partition coefficient (Wildman–Crippen LogP) is 2.23. The Morgan fingerprint density at radius 1 is 1.38 bits per heavy atom. The minimum atomic E-state index is -4.46. The number of hydrogen-bond acceptors (Lipinski definition) is 3. The van der Waals surface area contributed by atoms with Crippen LogP contribution in [-0.2, 0) is 11.0 Å². The van der Waals surface area contributed by atoms with Crippen LogP contribution in [0, 0.1) is 0 Å². The van der Waals surface area contributed by atoms with Gasteiger partial charge in [0.05, 0.1) is 5.56 Å². The molecule has 0 aromatic heterocycles. The molecule has 0 aliphatic rings. The van der Waals surface area contributed by atoms with Gasteiger partial charge in [-0.25, -0.2) is 0 Å². The van der Waals surface area contributed by atoms with Gasteiger partial charge in [0.25, 0.3) is 0 Å². The van der Waals surface area contributed by atoms with E-state index in [0.717, 1.165) is 12.1 Å². The van der Waals surface area contributed by atoms with Crippen molar-refractivity contribution in [2.45, 2.75) is 12.6 Å². The molecule has 0 fully saturated rings. The molecule has 4 nitrogen and oxygen atoms in total. The van der Waals surface area contributed by atoms with Crippen molar-refractivity contribution in [2.24, 2.45) is 5.73 Å². The monoisotopic (exact) mass is 319 g/mol. The van der Waals surface area contributed by atoms with Gasteiger partial charge >= 0.3 is 6.18 Å². The van der Waals surface area contributed by atoms with Crippen LogP contribution >= 0.6 is 12.2 Å². The molecule has 0 saturated carbocycles. The Morgan fingerprint density at radius 3 is 2.48 bits per heavy atom. The molecular formula is C13H16F3N3OS. The van der Waals surface area contributed by atoms with Gasteiger partial charge in [0.1, 0.15) is 4.99 Å². The predicted molar refractivity (Wildman–Crippen MR) is 79.1 cm³/mol. The lowest BCUT2D eigenvalue weighted by molar-refractivity contribution is -0.137. The second-order valence-corrected chi connectivity index (χ2v) is 5.03. The maximum absolute atomic E-state index is 12.7. The summed E-state index contributed by atoms with van der Waals surface area (Å²) in [7, 11) is 3.25. The molecule has 0 aliphatic heterocycles. The first kappa shape index (κ1) is 17.2. The number of rotatable bonds is 5. The van der Waals surface area contributed by atoms with Gasteiger partial charge in [0.15, 0.2) is 0 Å². The summed E-state index contributed by atoms with van der Waals surface area (Å²) in [5.41, 5.74) is 5.12. The van der Waals surface area contributed by atoms with Crippen molar-refractivity contribution in [3.8, 4) is 0 Å². The van der Waals surface area contributed by atoms with Crippen molar-refractivity contribution >= 4 is 28.8 Å². The molecule has 1 amide bonds. The van der Waals surface area contributed by atoms with E-state index < -0.39 is 11.7 Å². The number of nitrogens with two attached hydrogens (primary N) is 1. The first-order valence-corrected chi connectivity index (χ1v) is 6.49. The molecule has 0 atom stereocenters. The van der Waals surface area contributed by atoms with Gasteiger partial charge in [-0.3, -0.25) is 4.79 Å². The Balaban J connectivity index is 2.88. The summed E-state index contributed by atoms with van der Waals surface area (Å²) in [6.07, 6.45) is -4.25. The Labute approximate surface area is 126 Å². The second kappa shape index (κ2) is 6.75. The van der Waals surface area contributed by atoms with Crippen LogP contribution in [-0.4, -0.2) is 36.4 Å². The van der Waals surface area contributed by atoms with Crippen LogP contribution in [0.1, 0.15) is 17.5 Å². The summed E-state index contributed by atoms with van der Waals surface area (Å²) >= 11 is 4.77. The normalized spacial score (nSPS) is 11.1. The number of carbonyl (C=O) groups is 1. The van der Waals surface area contributed by atoms with Crippen LogP contribution in [0.2, 0.25) is 0 Å². The van der Waals surface area contributed by atoms with E-state index in [9.17, 15) is 18.0 Å². The molecule has 0 bridgehead atoms. The average molecular weight is 319 g/mol. The van der Waals surface area contributed by atoms with Crippen molar-refractivity contribution in [3.05, 3.63) is 29.3 Å². The third kappa shape index (κ3) is 4.89. The van der Waals surface area contributed by atoms with Gasteiger partial charge < -0.3 is 16.0 Å². The third-order valence-electron chi connectivity index (χ3n) is 2.77. The average Bonchev–Trinajstić information content (AvgIpc) is 2.37. The van der Waals surface area contributed by atoms with Crippen LogP contribution in [0.4, 0.5) is 18.9 Å². The number of amides is 1. The van der Waals surface area contributed by atoms with Gasteiger partial charge in [0, 0.05) is 38.3 Å². The van der Waals surface area contributed by atoms with E-state index in [0.29, 0.717) is 5.69 Å². The highest BCUT2D eigenvalue weighted by Crippen LogP contribution is 2.31. The number of nitrogens with one attached hydrogen (secondary N) is 1. The van der Waals surface area contributed by atoms with E-state index >= 15 is 0 Å². The Hall–Kier alpha value is -1.83. The van der Waals surface area contributed by atoms with Crippen LogP contribution in [0.3, 0.4) is 0 Å². The van der Waals surface area contributed by atoms with Crippen molar-refractivity contribution in [3.63, 3.8) is 0 Å². The number of benzene rings is 1. The molecule has 1 aromatic carbocycles. The minimum Gasteiger partial charge on any atom is -0.389 e. The molecule has 0 radical (unpaired) electrons. The summed E-state index contributed by atoms with van der Waals surface area (Å²) in [6.45, 7) is 0.276. The Kier molecular flexibility index (Phi) is 5.54. The summed E-state index contributed by atoms with van der Waals surface area (Å²) in [6, 6.07) is 3.10. The van der Waals surface area contributed by atoms with Gasteiger partial charge in [-0.15, -0.1) is 0 Å². The molecule has 1 aromatic rings. The second-order valence-electron chi connectivity index (χ2n) is 4.59. The molecule has 3 N–H and O–H groups in total. The number of hydrogen-bond donors (Lipinski definition) is 2. The van der Waals surface area contributed by atoms with Crippen LogP contribution < -0.4 is 11.1 Å². The summed E-state index contributed by atoms with van der Waals surface area (Å²) < 4.78 is 38.0. The SMILES string of the molecule is CN(C)C(=O)CCNc1ccc(C(F)(F)F)cc1C(N)=S. The molecule has 1 rings (SSSR count). The standard InChI is InChI=1S/C13H16F3N3OS/c1-19(2)11(20)5-6-18-10-4-3-8(13(14,15)16)7-9(10)12(17)21/h3-4,7,18H,5-6H2,1-2H3,(H2,17,21). The molecule has 0 unspecified atom stereocenters. The Bertz CT molecular complexity index is 544. The van der Waals surface area contributed by atoms with E-state index in [2.05, 4.69) is 5.32 Å². The molecule has 0 saturated heterocycles. The minimum absolute atomic E-state index is 0.0914. The lowest BCUT2D eigenvalue weighted by Gasteiger charge is -2.15. The van der Waals surface area contributed by atoms with E-state index in [1.807, 2.05) is 0 Å². The first-order valence-electron chi connectivity index (χ1n) is 6.08. The first-order chi connectivity index (χ1) is 9.62. The maximum atomic E-state index is 12.7. The summed E-state index contributed by atoms with van der Waals surface area (Å²) in [4.78, 5) is 12.7. The Morgan fingerprint density at radius 2 is 2.00 bits per heavy atom. The fourth-order valence-electron chi connectivity index (χ4n) is 1.61. The third-order valence-corrected chi connectivity index (χ3v) is 2.99. The molecule has 8 heteroatoms. The summed E-state index contributed by atoms with van der Waals surface area (Å²) in [5, 5.41) is 2.88. The largest absolute Gasteiger partial charge is 0.416 e. The van der Waals surface area contributed by atoms with Crippen LogP contribution in [0.15, 0.2) is 18.2 Å². The van der Waals surface area contributed by atoms with Crippen molar-refractivity contribution in [1.82, 2.24) is 4.90 Å². The fraction of sp³-hybridized carbons (Fsp3) is 0.385. The molecule has 21 heavy (non-hydrogen) atoms. The van der Waals surface area contributed by atoms with E-state index in [-0.39, 0.29) is 29.4 Å². The van der Waals surface area contributed by atoms with Crippen molar-refractivity contribution in [1.29, 1.82) is 0 Å². The maximum Gasteiger partial charge on any atom is 0.416 e. The zero-order valence-electron chi connectivity index (χ0n) is 11.6. The van der Waals surface area contributed by atoms with Gasteiger partial charge in [-0.1, -0.05) is 12.2 Å². The molecule has 116 valence electrons. The van der Waals surface area contributed by atoms with E-state index in [1.54, 1.807) is 14.1 Å². The van der Waals surface area contributed by atoms with E-state index in [1.165, 1.54) is 11.0 Å². The van der Waals surface area contributed by atoms with Crippen LogP contribution in [0.5, 0.6) is 0 Å². The number of nitrogens with zero attached hydrogens (tertiary/aromatic N) is 1. The van der Waals surface area contributed by atoms with Crippen molar-refractivity contribution < 1.29 is 18.0 Å². The number of anilines is 1. The smallest absolute Gasteiger partial charge is 0.389 e. The number of alkyl halides is 3. The fourth-order valence-corrected chi connectivity index (χ4v) is 1.78. The lowest BCUT2D eigenvalue weighted by Crippen LogP contribution is -2.24. The molecule has 0 aliphatic carbocycles. The number of thiocarbonyl (C=S) groups is 1. The quantitative estimate of drug-likeness (QED) is 0.817. The zero-order chi connectivity index (χ0) is 16.2. The highest BCUT2D eigenvalue weighted by Gasteiger charge is 2.31. The summed E-state index contributed by atoms with van der Waals surface area (Å²) in [5.74, 6) is -0.0914. The van der Waals surface area contributed by atoms with Crippen molar-refractivity contribution in [2.75, 3.05) is 26.0 Å². The zero-order valence-corrected chi connectivity index (χ0v) is 12.4. The van der Waals surface area contributed by atoms with Gasteiger partial charge in [-0.05, 0) is 18.2 Å². The van der Waals surface area contributed by atoms with Gasteiger partial charge in [-0.2, -0.15) is 13.2 Å². The highest BCUT2D eigenvalue weighted by molar-refractivity contribution is 7.80. The number of carbonyl (C=O) groups excluding carboxylic acids is 1. The topological polar surface area (TPSA) is 58.4 Å². The molecular weight excluding hydrogens is 303 g/mol. The lowest BCUT2D eigenvalue weighted by atomic mass is 10.1. The number of halogens is 3. The van der Waals surface area contributed by atoms with E-state index in [4.69, 9.17) is 18.0 Å². The van der Waals surface area contributed by atoms with Crippen LogP contribution in [0.25, 0.3) is 0 Å². The molecule has 0 spiro atoms.